The highest BCUT2D eigenvalue weighted by Gasteiger charge is 2.19. The summed E-state index contributed by atoms with van der Waals surface area (Å²) >= 11 is 18.3. The number of nitrogens with one attached hydrogen (secondary N) is 3. The van der Waals surface area contributed by atoms with Crippen molar-refractivity contribution in [1.29, 1.82) is 0 Å². The maximum absolute atomic E-state index is 12.8. The Kier molecular flexibility index (Phi) is 8.43. The average molecular weight is 625 g/mol. The van der Waals surface area contributed by atoms with Crippen molar-refractivity contribution in [3.05, 3.63) is 111 Å². The van der Waals surface area contributed by atoms with E-state index in [4.69, 9.17) is 34.8 Å². The molecule has 0 aliphatic heterocycles. The lowest BCUT2D eigenvalue weighted by atomic mass is 10.2. The van der Waals surface area contributed by atoms with Crippen LogP contribution in [0.5, 0.6) is 0 Å². The third-order valence-corrected chi connectivity index (χ3v) is 9.33. The first-order chi connectivity index (χ1) is 18.4. The Morgan fingerprint density at radius 1 is 0.667 bits per heavy atom. The van der Waals surface area contributed by atoms with Gasteiger partial charge in [0.2, 0.25) is 0 Å². The zero-order valence-corrected chi connectivity index (χ0v) is 24.0. The molecule has 0 aromatic heterocycles. The van der Waals surface area contributed by atoms with Gasteiger partial charge in [-0.3, -0.25) is 14.2 Å². The van der Waals surface area contributed by atoms with Crippen LogP contribution in [-0.2, 0) is 20.0 Å². The summed E-state index contributed by atoms with van der Waals surface area (Å²) < 4.78 is 55.5. The smallest absolute Gasteiger partial charge is 0.261 e. The number of rotatable bonds is 8. The Morgan fingerprint density at radius 2 is 1.23 bits per heavy atom. The molecule has 0 fully saturated rings. The topological polar surface area (TPSA) is 121 Å². The van der Waals surface area contributed by atoms with Gasteiger partial charge in [-0.2, -0.15) is 0 Å². The quantitative estimate of drug-likeness (QED) is 0.199. The van der Waals surface area contributed by atoms with E-state index in [1.165, 1.54) is 66.7 Å². The fraction of sp³-hybridized carbons (Fsp3) is 0.0385. The molecular weight excluding hydrogens is 605 g/mol. The van der Waals surface area contributed by atoms with Gasteiger partial charge in [-0.25, -0.2) is 16.8 Å². The molecule has 0 radical (unpaired) electrons. The second kappa shape index (κ2) is 11.4. The molecule has 1 amide bonds. The van der Waals surface area contributed by atoms with E-state index in [1.54, 1.807) is 18.2 Å². The molecule has 3 N–H and O–H groups in total. The lowest BCUT2D eigenvalue weighted by molar-refractivity contribution is 0.102. The molecule has 0 unspecified atom stereocenters. The van der Waals surface area contributed by atoms with E-state index in [1.807, 2.05) is 6.92 Å². The molecule has 4 rings (SSSR count). The molecule has 4 aromatic rings. The number of sulfonamides is 2. The van der Waals surface area contributed by atoms with Gasteiger partial charge in [0, 0.05) is 5.69 Å². The summed E-state index contributed by atoms with van der Waals surface area (Å²) in [5.41, 5.74) is 1.62. The number of hydrogen-bond acceptors (Lipinski definition) is 5. The number of anilines is 3. The van der Waals surface area contributed by atoms with Gasteiger partial charge in [0.15, 0.2) is 0 Å². The average Bonchev–Trinajstić information content (AvgIpc) is 2.87. The fourth-order valence-corrected chi connectivity index (χ4v) is 6.19. The molecule has 4 aromatic carbocycles. The van der Waals surface area contributed by atoms with Crippen LogP contribution < -0.4 is 14.8 Å². The Labute approximate surface area is 241 Å². The predicted octanol–water partition coefficient (Wildman–Crippen LogP) is 6.81. The van der Waals surface area contributed by atoms with Gasteiger partial charge in [0.05, 0.1) is 41.8 Å². The normalized spacial score (nSPS) is 11.6. The van der Waals surface area contributed by atoms with Gasteiger partial charge >= 0.3 is 0 Å². The van der Waals surface area contributed by atoms with Crippen molar-refractivity contribution in [3.63, 3.8) is 0 Å². The highest BCUT2D eigenvalue weighted by atomic mass is 35.5. The van der Waals surface area contributed by atoms with Crippen LogP contribution >= 0.6 is 34.8 Å². The Hall–Kier alpha value is -3.28. The van der Waals surface area contributed by atoms with E-state index in [-0.39, 0.29) is 41.8 Å². The van der Waals surface area contributed by atoms with Crippen molar-refractivity contribution in [2.75, 3.05) is 14.8 Å². The molecule has 0 saturated heterocycles. The van der Waals surface area contributed by atoms with E-state index in [0.29, 0.717) is 5.69 Å². The van der Waals surface area contributed by atoms with Gasteiger partial charge < -0.3 is 5.32 Å². The number of carbonyl (C=O) groups excluding carboxylic acids is 1. The van der Waals surface area contributed by atoms with Crippen LogP contribution in [0.1, 0.15) is 15.9 Å². The van der Waals surface area contributed by atoms with Gasteiger partial charge in [0.1, 0.15) is 0 Å². The van der Waals surface area contributed by atoms with Gasteiger partial charge in [-0.15, -0.1) is 0 Å². The van der Waals surface area contributed by atoms with Gasteiger partial charge in [-0.1, -0.05) is 58.6 Å². The number of amides is 1. The zero-order chi connectivity index (χ0) is 28.4. The number of hydrogen-bond donors (Lipinski definition) is 3. The number of benzene rings is 4. The lowest BCUT2D eigenvalue weighted by Crippen LogP contribution is -2.15. The third kappa shape index (κ3) is 6.84. The highest BCUT2D eigenvalue weighted by molar-refractivity contribution is 7.93. The van der Waals surface area contributed by atoms with Crippen LogP contribution in [0.15, 0.2) is 94.7 Å². The molecule has 39 heavy (non-hydrogen) atoms. The van der Waals surface area contributed by atoms with E-state index in [9.17, 15) is 21.6 Å². The van der Waals surface area contributed by atoms with Crippen LogP contribution in [0, 0.1) is 6.92 Å². The third-order valence-electron chi connectivity index (χ3n) is 5.42. The highest BCUT2D eigenvalue weighted by Crippen LogP contribution is 2.31. The summed E-state index contributed by atoms with van der Waals surface area (Å²) in [5, 5.41) is 2.91. The van der Waals surface area contributed by atoms with Crippen LogP contribution in [-0.4, -0.2) is 22.7 Å². The molecule has 0 aliphatic carbocycles. The standard InChI is InChI=1S/C26H20Cl3N3O5S2/c1-16-5-10-19(11-6-16)38(34,35)31-18-9-14-21(23(28)15-18)26(33)30-17-7-12-20(13-8-17)39(36,37)32-24-4-2-3-22(27)25(24)29/h2-15,31-32H,1H3,(H,30,33). The van der Waals surface area contributed by atoms with Gasteiger partial charge in [-0.05, 0) is 73.7 Å². The first kappa shape index (κ1) is 28.7. The summed E-state index contributed by atoms with van der Waals surface area (Å²) in [6.45, 7) is 1.85. The predicted molar refractivity (Wildman–Crippen MR) is 155 cm³/mol. The number of halogens is 3. The second-order valence-electron chi connectivity index (χ2n) is 8.30. The van der Waals surface area contributed by atoms with Crippen molar-refractivity contribution in [1.82, 2.24) is 0 Å². The molecule has 0 aliphatic rings. The summed E-state index contributed by atoms with van der Waals surface area (Å²) in [6, 6.07) is 20.4. The summed E-state index contributed by atoms with van der Waals surface area (Å²) in [7, 11) is -7.83. The van der Waals surface area contributed by atoms with Crippen LogP contribution in [0.4, 0.5) is 17.1 Å². The van der Waals surface area contributed by atoms with Crippen LogP contribution in [0.25, 0.3) is 0 Å². The summed E-state index contributed by atoms with van der Waals surface area (Å²) in [6.07, 6.45) is 0. The lowest BCUT2D eigenvalue weighted by Gasteiger charge is -2.12. The molecule has 0 spiro atoms. The van der Waals surface area contributed by atoms with Crippen molar-refractivity contribution in [2.24, 2.45) is 0 Å². The Morgan fingerprint density at radius 3 is 1.85 bits per heavy atom. The molecule has 202 valence electrons. The monoisotopic (exact) mass is 623 g/mol. The fourth-order valence-electron chi connectivity index (χ4n) is 3.40. The minimum atomic E-state index is -3.98. The Bertz CT molecular complexity index is 1760. The molecule has 0 heterocycles. The largest absolute Gasteiger partial charge is 0.322 e. The minimum Gasteiger partial charge on any atom is -0.322 e. The van der Waals surface area contributed by atoms with Crippen molar-refractivity contribution < 1.29 is 21.6 Å². The number of aryl methyl sites for hydroxylation is 1. The van der Waals surface area contributed by atoms with Crippen LogP contribution in [0.2, 0.25) is 15.1 Å². The molecule has 8 nitrogen and oxygen atoms in total. The van der Waals surface area contributed by atoms with E-state index in [0.717, 1.165) is 5.56 Å². The summed E-state index contributed by atoms with van der Waals surface area (Å²) in [4.78, 5) is 12.8. The maximum Gasteiger partial charge on any atom is 0.261 e. The zero-order valence-electron chi connectivity index (χ0n) is 20.1. The minimum absolute atomic E-state index is 0.0124. The van der Waals surface area contributed by atoms with Gasteiger partial charge in [0.25, 0.3) is 26.0 Å². The SMILES string of the molecule is Cc1ccc(S(=O)(=O)Nc2ccc(C(=O)Nc3ccc(S(=O)(=O)Nc4cccc(Cl)c4Cl)cc3)c(Cl)c2)cc1. The van der Waals surface area contributed by atoms with E-state index in [2.05, 4.69) is 14.8 Å². The Balaban J connectivity index is 1.45. The summed E-state index contributed by atoms with van der Waals surface area (Å²) in [5.74, 6) is -0.576. The maximum atomic E-state index is 12.8. The molecule has 0 bridgehead atoms. The number of carbonyl (C=O) groups is 1. The van der Waals surface area contributed by atoms with Crippen molar-refractivity contribution in [2.45, 2.75) is 16.7 Å². The first-order valence-electron chi connectivity index (χ1n) is 11.1. The van der Waals surface area contributed by atoms with Crippen molar-refractivity contribution >= 4 is 77.8 Å². The molecule has 0 saturated carbocycles. The second-order valence-corrected chi connectivity index (χ2v) is 12.9. The molecule has 0 atom stereocenters. The molecular formula is C26H20Cl3N3O5S2. The molecule has 13 heteroatoms. The van der Waals surface area contributed by atoms with Crippen molar-refractivity contribution in [3.8, 4) is 0 Å². The van der Waals surface area contributed by atoms with Crippen LogP contribution in [0.3, 0.4) is 0 Å². The first-order valence-corrected chi connectivity index (χ1v) is 15.2. The van der Waals surface area contributed by atoms with E-state index < -0.39 is 26.0 Å². The van der Waals surface area contributed by atoms with E-state index >= 15 is 0 Å².